The van der Waals surface area contributed by atoms with E-state index in [1.54, 1.807) is 12.4 Å². The minimum absolute atomic E-state index is 0.492. The molecule has 0 saturated heterocycles. The maximum atomic E-state index is 6.08. The Bertz CT molecular complexity index is 534. The lowest BCUT2D eigenvalue weighted by Gasteiger charge is -2.10. The van der Waals surface area contributed by atoms with Gasteiger partial charge in [0.2, 0.25) is 5.88 Å². The Morgan fingerprint density at radius 3 is 2.70 bits per heavy atom. The van der Waals surface area contributed by atoms with Crippen LogP contribution >= 0.6 is 11.6 Å². The molecule has 2 aromatic rings. The molecule has 0 aliphatic rings. The predicted molar refractivity (Wildman–Crippen MR) is 79.1 cm³/mol. The number of ether oxygens (including phenoxy) is 1. The molecule has 5 heteroatoms. The summed E-state index contributed by atoms with van der Waals surface area (Å²) in [6.45, 7) is 2.71. The fraction of sp³-hybridized carbons (Fsp3) is 0.400. The van der Waals surface area contributed by atoms with Crippen LogP contribution in [0.2, 0.25) is 5.15 Å². The standard InChI is InChI=1S/C15H18ClN3O/c1-2-4-13-14(16)18-11-19-15(13)20-10-3-5-12-6-8-17-9-7-12/h6-9,11H,2-5,10H2,1H3. The molecule has 0 aliphatic heterocycles. The summed E-state index contributed by atoms with van der Waals surface area (Å²) in [6.07, 6.45) is 8.76. The predicted octanol–water partition coefficient (Wildman–Crippen LogP) is 3.49. The number of hydrogen-bond acceptors (Lipinski definition) is 4. The molecule has 0 fully saturated rings. The number of pyridine rings is 1. The fourth-order valence-electron chi connectivity index (χ4n) is 1.96. The molecule has 2 rings (SSSR count). The molecule has 0 bridgehead atoms. The van der Waals surface area contributed by atoms with E-state index in [0.717, 1.165) is 31.2 Å². The van der Waals surface area contributed by atoms with Crippen molar-refractivity contribution in [1.29, 1.82) is 0 Å². The van der Waals surface area contributed by atoms with Crippen LogP contribution in [0.3, 0.4) is 0 Å². The highest BCUT2D eigenvalue weighted by Crippen LogP contribution is 2.23. The van der Waals surface area contributed by atoms with Gasteiger partial charge in [0.1, 0.15) is 11.5 Å². The fourth-order valence-corrected chi connectivity index (χ4v) is 2.17. The van der Waals surface area contributed by atoms with Crippen molar-refractivity contribution in [2.45, 2.75) is 32.6 Å². The SMILES string of the molecule is CCCc1c(Cl)ncnc1OCCCc1ccncc1. The summed E-state index contributed by atoms with van der Waals surface area (Å²) in [7, 11) is 0. The monoisotopic (exact) mass is 291 g/mol. The summed E-state index contributed by atoms with van der Waals surface area (Å²) >= 11 is 6.08. The van der Waals surface area contributed by atoms with Gasteiger partial charge in [-0.25, -0.2) is 9.97 Å². The minimum Gasteiger partial charge on any atom is -0.477 e. The van der Waals surface area contributed by atoms with Crippen LogP contribution in [-0.2, 0) is 12.8 Å². The van der Waals surface area contributed by atoms with Crippen molar-refractivity contribution in [3.63, 3.8) is 0 Å². The van der Waals surface area contributed by atoms with E-state index in [9.17, 15) is 0 Å². The molecule has 0 aromatic carbocycles. The van der Waals surface area contributed by atoms with E-state index in [4.69, 9.17) is 16.3 Å². The van der Waals surface area contributed by atoms with Crippen molar-refractivity contribution in [1.82, 2.24) is 15.0 Å². The summed E-state index contributed by atoms with van der Waals surface area (Å²) in [5.74, 6) is 0.613. The van der Waals surface area contributed by atoms with Crippen LogP contribution in [0.5, 0.6) is 5.88 Å². The smallest absolute Gasteiger partial charge is 0.221 e. The Morgan fingerprint density at radius 2 is 1.95 bits per heavy atom. The van der Waals surface area contributed by atoms with Crippen LogP contribution in [0.4, 0.5) is 0 Å². The third-order valence-electron chi connectivity index (χ3n) is 2.95. The molecular weight excluding hydrogens is 274 g/mol. The van der Waals surface area contributed by atoms with Gasteiger partial charge in [0.25, 0.3) is 0 Å². The molecule has 0 unspecified atom stereocenters. The van der Waals surface area contributed by atoms with E-state index in [-0.39, 0.29) is 0 Å². The van der Waals surface area contributed by atoms with Gasteiger partial charge in [0, 0.05) is 12.4 Å². The molecular formula is C15H18ClN3O. The lowest BCUT2D eigenvalue weighted by Crippen LogP contribution is -2.05. The molecule has 0 spiro atoms. The van der Waals surface area contributed by atoms with Crippen LogP contribution in [0.15, 0.2) is 30.9 Å². The van der Waals surface area contributed by atoms with E-state index >= 15 is 0 Å². The zero-order valence-corrected chi connectivity index (χ0v) is 12.3. The highest BCUT2D eigenvalue weighted by Gasteiger charge is 2.10. The highest BCUT2D eigenvalue weighted by atomic mass is 35.5. The van der Waals surface area contributed by atoms with Gasteiger partial charge >= 0.3 is 0 Å². The summed E-state index contributed by atoms with van der Waals surface area (Å²) in [6, 6.07) is 4.04. The second-order valence-corrected chi connectivity index (χ2v) is 4.86. The first-order valence-corrected chi connectivity index (χ1v) is 7.20. The highest BCUT2D eigenvalue weighted by molar-refractivity contribution is 6.30. The molecule has 0 atom stereocenters. The quantitative estimate of drug-likeness (QED) is 0.579. The number of hydrogen-bond donors (Lipinski definition) is 0. The Balaban J connectivity index is 1.86. The maximum absolute atomic E-state index is 6.08. The van der Waals surface area contributed by atoms with Crippen LogP contribution < -0.4 is 4.74 Å². The zero-order chi connectivity index (χ0) is 14.2. The van der Waals surface area contributed by atoms with Crippen molar-refractivity contribution >= 4 is 11.6 Å². The number of nitrogens with zero attached hydrogens (tertiary/aromatic N) is 3. The van der Waals surface area contributed by atoms with Crippen molar-refractivity contribution < 1.29 is 4.74 Å². The summed E-state index contributed by atoms with van der Waals surface area (Å²) in [5.41, 5.74) is 2.17. The lowest BCUT2D eigenvalue weighted by molar-refractivity contribution is 0.295. The Kier molecular flexibility index (Phi) is 5.74. The van der Waals surface area contributed by atoms with Gasteiger partial charge in [-0.05, 0) is 37.0 Å². The zero-order valence-electron chi connectivity index (χ0n) is 11.6. The van der Waals surface area contributed by atoms with Crippen molar-refractivity contribution in [2.75, 3.05) is 6.61 Å². The second-order valence-electron chi connectivity index (χ2n) is 4.51. The average Bonchev–Trinajstić information content (AvgIpc) is 2.48. The molecule has 20 heavy (non-hydrogen) atoms. The van der Waals surface area contributed by atoms with Crippen LogP contribution in [0, 0.1) is 0 Å². The van der Waals surface area contributed by atoms with E-state index in [1.165, 1.54) is 11.9 Å². The van der Waals surface area contributed by atoms with Gasteiger partial charge in [-0.3, -0.25) is 4.98 Å². The molecule has 0 aliphatic carbocycles. The summed E-state index contributed by atoms with van der Waals surface area (Å²) in [5, 5.41) is 0.492. The van der Waals surface area contributed by atoms with Gasteiger partial charge in [-0.1, -0.05) is 24.9 Å². The molecule has 4 nitrogen and oxygen atoms in total. The van der Waals surface area contributed by atoms with E-state index < -0.39 is 0 Å². The Morgan fingerprint density at radius 1 is 1.15 bits per heavy atom. The third kappa shape index (κ3) is 4.17. The minimum atomic E-state index is 0.492. The summed E-state index contributed by atoms with van der Waals surface area (Å²) < 4.78 is 5.74. The second kappa shape index (κ2) is 7.80. The average molecular weight is 292 g/mol. The van der Waals surface area contributed by atoms with Gasteiger partial charge in [0.15, 0.2) is 0 Å². The van der Waals surface area contributed by atoms with Gasteiger partial charge in [-0.2, -0.15) is 0 Å². The van der Waals surface area contributed by atoms with E-state index in [1.807, 2.05) is 12.1 Å². The van der Waals surface area contributed by atoms with Crippen LogP contribution in [0.25, 0.3) is 0 Å². The number of aryl methyl sites for hydroxylation is 1. The van der Waals surface area contributed by atoms with Crippen molar-refractivity contribution in [2.24, 2.45) is 0 Å². The first-order chi connectivity index (χ1) is 9.81. The molecule has 0 saturated carbocycles. The lowest BCUT2D eigenvalue weighted by atomic mass is 10.1. The van der Waals surface area contributed by atoms with Gasteiger partial charge < -0.3 is 4.74 Å². The molecule has 0 radical (unpaired) electrons. The number of aromatic nitrogens is 3. The Labute approximate surface area is 124 Å². The van der Waals surface area contributed by atoms with Crippen LogP contribution in [0.1, 0.15) is 30.9 Å². The maximum Gasteiger partial charge on any atom is 0.221 e. The van der Waals surface area contributed by atoms with E-state index in [2.05, 4.69) is 21.9 Å². The number of halogens is 1. The first-order valence-electron chi connectivity index (χ1n) is 6.82. The van der Waals surface area contributed by atoms with Crippen molar-refractivity contribution in [3.05, 3.63) is 47.1 Å². The van der Waals surface area contributed by atoms with E-state index in [0.29, 0.717) is 17.6 Å². The molecule has 2 heterocycles. The third-order valence-corrected chi connectivity index (χ3v) is 3.28. The van der Waals surface area contributed by atoms with Gasteiger partial charge in [0.05, 0.1) is 12.2 Å². The largest absolute Gasteiger partial charge is 0.477 e. The molecule has 2 aromatic heterocycles. The number of rotatable bonds is 7. The molecule has 106 valence electrons. The molecule has 0 N–H and O–H groups in total. The Hall–Kier alpha value is -1.68. The topological polar surface area (TPSA) is 47.9 Å². The summed E-state index contributed by atoms with van der Waals surface area (Å²) in [4.78, 5) is 12.2. The normalized spacial score (nSPS) is 10.5. The first kappa shape index (κ1) is 14.7. The van der Waals surface area contributed by atoms with Crippen LogP contribution in [-0.4, -0.2) is 21.6 Å². The van der Waals surface area contributed by atoms with Gasteiger partial charge in [-0.15, -0.1) is 0 Å². The molecule has 0 amide bonds. The van der Waals surface area contributed by atoms with Crippen molar-refractivity contribution in [3.8, 4) is 5.88 Å².